The lowest BCUT2D eigenvalue weighted by Crippen LogP contribution is -2.18. The Labute approximate surface area is 156 Å². The predicted octanol–water partition coefficient (Wildman–Crippen LogP) is 3.79. The molecule has 1 aromatic heterocycles. The third-order valence-corrected chi connectivity index (χ3v) is 4.40. The van der Waals surface area contributed by atoms with E-state index in [0.29, 0.717) is 18.9 Å². The molecule has 0 atom stereocenters. The topological polar surface area (TPSA) is 53.1 Å². The molecule has 0 saturated heterocycles. The van der Waals surface area contributed by atoms with Gasteiger partial charge in [-0.25, -0.2) is 4.98 Å². The van der Waals surface area contributed by atoms with Crippen molar-refractivity contribution >= 4 is 33.4 Å². The minimum Gasteiger partial charge on any atom is -0.368 e. The van der Waals surface area contributed by atoms with Crippen LogP contribution < -0.4 is 10.6 Å². The van der Waals surface area contributed by atoms with Crippen LogP contribution in [0.25, 0.3) is 0 Å². The molecule has 128 valence electrons. The average molecular weight is 398 g/mol. The number of terminal acetylenes is 1. The number of anilines is 3. The third-order valence-electron chi connectivity index (χ3n) is 3.82. The Hall–Kier alpha value is -2.36. The summed E-state index contributed by atoms with van der Waals surface area (Å²) in [7, 11) is 0. The van der Waals surface area contributed by atoms with E-state index in [9.17, 15) is 0 Å². The summed E-state index contributed by atoms with van der Waals surface area (Å²) in [6.45, 7) is 3.70. The summed E-state index contributed by atoms with van der Waals surface area (Å²) >= 11 is 3.44. The first-order chi connectivity index (χ1) is 12.2. The maximum atomic E-state index is 5.27. The first-order valence-corrected chi connectivity index (χ1v) is 8.97. The molecule has 5 nitrogen and oxygen atoms in total. The molecule has 1 aromatic carbocycles. The van der Waals surface area contributed by atoms with Crippen LogP contribution in [0, 0.1) is 12.3 Å². The number of rotatable bonds is 7. The van der Waals surface area contributed by atoms with Crippen LogP contribution >= 0.6 is 15.9 Å². The maximum absolute atomic E-state index is 5.27. The molecule has 25 heavy (non-hydrogen) atoms. The number of hydrogen-bond acceptors (Lipinski definition) is 5. The highest BCUT2D eigenvalue weighted by Gasteiger charge is 2.08. The van der Waals surface area contributed by atoms with Gasteiger partial charge in [0.25, 0.3) is 0 Å². The van der Waals surface area contributed by atoms with E-state index >= 15 is 0 Å². The Morgan fingerprint density at radius 2 is 1.96 bits per heavy atom. The van der Waals surface area contributed by atoms with E-state index in [4.69, 9.17) is 6.42 Å². The largest absolute Gasteiger partial charge is 0.368 e. The number of benzene rings is 1. The van der Waals surface area contributed by atoms with Gasteiger partial charge in [-0.05, 0) is 33.6 Å². The molecule has 1 aliphatic rings. The number of hydrogen-bond donors (Lipinski definition) is 2. The lowest BCUT2D eigenvalue weighted by atomic mass is 10.2. The highest BCUT2D eigenvalue weighted by Crippen LogP contribution is 2.22. The summed E-state index contributed by atoms with van der Waals surface area (Å²) in [6.07, 6.45) is 12.1. The minimum absolute atomic E-state index is 0.544. The van der Waals surface area contributed by atoms with Crippen molar-refractivity contribution in [1.82, 2.24) is 14.9 Å². The Kier molecular flexibility index (Phi) is 6.04. The second-order valence-electron chi connectivity index (χ2n) is 5.76. The van der Waals surface area contributed by atoms with Gasteiger partial charge in [-0.15, -0.1) is 12.3 Å². The molecule has 2 heterocycles. The summed E-state index contributed by atoms with van der Waals surface area (Å²) in [5.74, 6) is 3.87. The van der Waals surface area contributed by atoms with E-state index in [1.54, 1.807) is 6.20 Å². The van der Waals surface area contributed by atoms with Crippen LogP contribution in [-0.2, 0) is 6.54 Å². The second kappa shape index (κ2) is 8.65. The Balaban J connectivity index is 1.61. The molecule has 6 heteroatoms. The average Bonchev–Trinajstić information content (AvgIpc) is 3.13. The lowest BCUT2D eigenvalue weighted by molar-refractivity contribution is 0.345. The number of halogens is 1. The second-order valence-corrected chi connectivity index (χ2v) is 6.61. The van der Waals surface area contributed by atoms with Gasteiger partial charge in [-0.3, -0.25) is 4.90 Å². The Morgan fingerprint density at radius 3 is 2.68 bits per heavy atom. The van der Waals surface area contributed by atoms with Gasteiger partial charge in [0.05, 0.1) is 4.47 Å². The predicted molar refractivity (Wildman–Crippen MR) is 106 cm³/mol. The maximum Gasteiger partial charge on any atom is 0.229 e. The van der Waals surface area contributed by atoms with E-state index in [1.807, 2.05) is 0 Å². The van der Waals surface area contributed by atoms with Gasteiger partial charge in [0, 0.05) is 44.5 Å². The molecule has 0 amide bonds. The van der Waals surface area contributed by atoms with Crippen LogP contribution in [0.4, 0.5) is 17.5 Å². The summed E-state index contributed by atoms with van der Waals surface area (Å²) in [5, 5.41) is 6.43. The number of nitrogens with one attached hydrogen (secondary N) is 2. The molecule has 0 unspecified atom stereocenters. The van der Waals surface area contributed by atoms with Gasteiger partial charge < -0.3 is 10.6 Å². The SMILES string of the molecule is C#CCCNc1nc(Nc2ccc(CN3CC=CC3)cc2)ncc1Br. The molecule has 2 N–H and O–H groups in total. The third kappa shape index (κ3) is 5.05. The quantitative estimate of drug-likeness (QED) is 0.422. The molecule has 0 radical (unpaired) electrons. The lowest BCUT2D eigenvalue weighted by Gasteiger charge is -2.15. The van der Waals surface area contributed by atoms with Gasteiger partial charge in [0.1, 0.15) is 5.82 Å². The van der Waals surface area contributed by atoms with E-state index in [-0.39, 0.29) is 0 Å². The smallest absolute Gasteiger partial charge is 0.229 e. The summed E-state index contributed by atoms with van der Waals surface area (Å²) in [6, 6.07) is 8.36. The molecule has 0 bridgehead atoms. The van der Waals surface area contributed by atoms with Gasteiger partial charge in [0.15, 0.2) is 0 Å². The van der Waals surface area contributed by atoms with Crippen molar-refractivity contribution in [1.29, 1.82) is 0 Å². The number of nitrogens with zero attached hydrogens (tertiary/aromatic N) is 3. The number of aromatic nitrogens is 2. The van der Waals surface area contributed by atoms with E-state index in [0.717, 1.165) is 35.6 Å². The van der Waals surface area contributed by atoms with Gasteiger partial charge >= 0.3 is 0 Å². The van der Waals surface area contributed by atoms with Gasteiger partial charge in [0.2, 0.25) is 5.95 Å². The Bertz CT molecular complexity index is 771. The van der Waals surface area contributed by atoms with Crippen molar-refractivity contribution in [2.75, 3.05) is 30.3 Å². The molecule has 0 saturated carbocycles. The van der Waals surface area contributed by atoms with Crippen molar-refractivity contribution in [3.63, 3.8) is 0 Å². The van der Waals surface area contributed by atoms with Crippen molar-refractivity contribution in [2.45, 2.75) is 13.0 Å². The van der Waals surface area contributed by atoms with Crippen molar-refractivity contribution in [3.05, 3.63) is 52.7 Å². The van der Waals surface area contributed by atoms with Crippen LogP contribution in [-0.4, -0.2) is 34.5 Å². The first kappa shape index (κ1) is 17.5. The van der Waals surface area contributed by atoms with Crippen LogP contribution in [0.2, 0.25) is 0 Å². The van der Waals surface area contributed by atoms with Crippen LogP contribution in [0.5, 0.6) is 0 Å². The zero-order valence-corrected chi connectivity index (χ0v) is 15.5. The van der Waals surface area contributed by atoms with Crippen molar-refractivity contribution < 1.29 is 0 Å². The van der Waals surface area contributed by atoms with Crippen LogP contribution in [0.3, 0.4) is 0 Å². The summed E-state index contributed by atoms with van der Waals surface area (Å²) < 4.78 is 0.810. The Morgan fingerprint density at radius 1 is 1.20 bits per heavy atom. The molecule has 0 spiro atoms. The minimum atomic E-state index is 0.544. The van der Waals surface area contributed by atoms with Crippen LogP contribution in [0.1, 0.15) is 12.0 Å². The van der Waals surface area contributed by atoms with Crippen molar-refractivity contribution in [3.8, 4) is 12.3 Å². The highest BCUT2D eigenvalue weighted by molar-refractivity contribution is 9.10. The summed E-state index contributed by atoms with van der Waals surface area (Å²) in [5.41, 5.74) is 2.25. The standard InChI is InChI=1S/C19H20BrN5/c1-2-3-10-21-18-17(20)13-22-19(24-18)23-16-8-6-15(7-9-16)14-25-11-4-5-12-25/h1,4-9,13H,3,10-12,14H2,(H2,21,22,23,24). The molecular weight excluding hydrogens is 378 g/mol. The summed E-state index contributed by atoms with van der Waals surface area (Å²) in [4.78, 5) is 11.2. The molecule has 0 aliphatic carbocycles. The zero-order chi connectivity index (χ0) is 17.5. The monoisotopic (exact) mass is 397 g/mol. The fourth-order valence-corrected chi connectivity index (χ4v) is 2.87. The van der Waals surface area contributed by atoms with Gasteiger partial charge in [-0.2, -0.15) is 4.98 Å². The van der Waals surface area contributed by atoms with E-state index in [2.05, 4.69) is 83.8 Å². The molecule has 1 aliphatic heterocycles. The molecule has 0 fully saturated rings. The van der Waals surface area contributed by atoms with E-state index in [1.165, 1.54) is 5.56 Å². The van der Waals surface area contributed by atoms with Gasteiger partial charge in [-0.1, -0.05) is 24.3 Å². The molecule has 2 aromatic rings. The normalized spacial score (nSPS) is 13.6. The highest BCUT2D eigenvalue weighted by atomic mass is 79.9. The zero-order valence-electron chi connectivity index (χ0n) is 13.9. The fraction of sp³-hybridized carbons (Fsp3) is 0.263. The molecular formula is C19H20BrN5. The van der Waals surface area contributed by atoms with Crippen molar-refractivity contribution in [2.24, 2.45) is 0 Å². The fourth-order valence-electron chi connectivity index (χ4n) is 2.54. The first-order valence-electron chi connectivity index (χ1n) is 8.18. The van der Waals surface area contributed by atoms with Crippen LogP contribution in [0.15, 0.2) is 47.1 Å². The van der Waals surface area contributed by atoms with E-state index < -0.39 is 0 Å². The molecule has 3 rings (SSSR count).